The fraction of sp³-hybridized carbons (Fsp3) is 0.444. The zero-order valence-electron chi connectivity index (χ0n) is 7.21. The smallest absolute Gasteiger partial charge is 0.108 e. The van der Waals surface area contributed by atoms with Crippen LogP contribution in [0.5, 0.6) is 0 Å². The van der Waals surface area contributed by atoms with Gasteiger partial charge in [0.2, 0.25) is 0 Å². The third kappa shape index (κ3) is 2.05. The quantitative estimate of drug-likeness (QED) is 0.792. The molecule has 1 heterocycles. The van der Waals surface area contributed by atoms with Crippen molar-refractivity contribution in [2.24, 2.45) is 0 Å². The fourth-order valence-corrected chi connectivity index (χ4v) is 1.21. The second-order valence-corrected chi connectivity index (χ2v) is 3.55. The Kier molecular flexibility index (Phi) is 3.23. The van der Waals surface area contributed by atoms with Crippen LogP contribution < -0.4 is 0 Å². The van der Waals surface area contributed by atoms with Gasteiger partial charge in [-0.05, 0) is 46.5 Å². The maximum Gasteiger partial charge on any atom is 0.108 e. The Hall–Kier alpha value is -0.410. The van der Waals surface area contributed by atoms with Gasteiger partial charge < -0.3 is 5.11 Å². The minimum absolute atomic E-state index is 0.385. The number of aliphatic hydroxyl groups is 1. The molecule has 1 aromatic rings. The van der Waals surface area contributed by atoms with Crippen LogP contribution in [0.15, 0.2) is 16.9 Å². The highest BCUT2D eigenvalue weighted by Gasteiger charge is 2.06. The summed E-state index contributed by atoms with van der Waals surface area (Å²) in [6, 6.07) is 1.95. The largest absolute Gasteiger partial charge is 0.388 e. The van der Waals surface area contributed by atoms with Crippen molar-refractivity contribution >= 4 is 15.9 Å². The highest BCUT2D eigenvalue weighted by molar-refractivity contribution is 9.10. The minimum atomic E-state index is -0.385. The average molecular weight is 230 g/mol. The number of hydrogen-bond donors (Lipinski definition) is 1. The van der Waals surface area contributed by atoms with Crippen LogP contribution in [0.1, 0.15) is 30.6 Å². The van der Waals surface area contributed by atoms with Crippen LogP contribution in [-0.4, -0.2) is 10.1 Å². The standard InChI is InChI=1S/C9H12BrNO/c1-3-8(12)7-4-6(2)9(10)11-5-7/h4-5,8,12H,3H2,1-2H3/t8-/m1/s1. The lowest BCUT2D eigenvalue weighted by atomic mass is 10.1. The van der Waals surface area contributed by atoms with Crippen molar-refractivity contribution in [2.75, 3.05) is 0 Å². The SMILES string of the molecule is CC[C@@H](O)c1cnc(Br)c(C)c1. The predicted octanol–water partition coefficient (Wildman–Crippen LogP) is 2.60. The Morgan fingerprint density at radius 2 is 2.33 bits per heavy atom. The number of pyridine rings is 1. The van der Waals surface area contributed by atoms with Gasteiger partial charge >= 0.3 is 0 Å². The Labute approximate surface area is 80.8 Å². The first-order valence-electron chi connectivity index (χ1n) is 3.95. The van der Waals surface area contributed by atoms with E-state index in [1.54, 1.807) is 6.20 Å². The molecule has 3 heteroatoms. The molecule has 0 radical (unpaired) electrons. The van der Waals surface area contributed by atoms with Crippen LogP contribution in [0, 0.1) is 6.92 Å². The molecule has 0 saturated heterocycles. The predicted molar refractivity (Wildman–Crippen MR) is 51.9 cm³/mol. The van der Waals surface area contributed by atoms with E-state index in [9.17, 15) is 5.11 Å². The Morgan fingerprint density at radius 3 is 2.83 bits per heavy atom. The van der Waals surface area contributed by atoms with E-state index in [0.717, 1.165) is 22.2 Å². The first-order chi connectivity index (χ1) is 5.65. The van der Waals surface area contributed by atoms with E-state index >= 15 is 0 Å². The van der Waals surface area contributed by atoms with Gasteiger partial charge in [-0.2, -0.15) is 0 Å². The summed E-state index contributed by atoms with van der Waals surface area (Å²) in [5.74, 6) is 0. The highest BCUT2D eigenvalue weighted by Crippen LogP contribution is 2.20. The first kappa shape index (κ1) is 9.68. The van der Waals surface area contributed by atoms with Gasteiger partial charge in [0.1, 0.15) is 4.60 Å². The van der Waals surface area contributed by atoms with Gasteiger partial charge in [0.05, 0.1) is 6.10 Å². The lowest BCUT2D eigenvalue weighted by molar-refractivity contribution is 0.173. The minimum Gasteiger partial charge on any atom is -0.388 e. The lowest BCUT2D eigenvalue weighted by Crippen LogP contribution is -1.97. The number of hydrogen-bond acceptors (Lipinski definition) is 2. The molecule has 0 aliphatic carbocycles. The number of nitrogens with zero attached hydrogens (tertiary/aromatic N) is 1. The maximum absolute atomic E-state index is 9.49. The number of aromatic nitrogens is 1. The van der Waals surface area contributed by atoms with Gasteiger partial charge in [-0.15, -0.1) is 0 Å². The topological polar surface area (TPSA) is 33.1 Å². The van der Waals surface area contributed by atoms with Crippen molar-refractivity contribution in [1.29, 1.82) is 0 Å². The molecule has 0 amide bonds. The molecule has 12 heavy (non-hydrogen) atoms. The normalized spacial score (nSPS) is 13.0. The Balaban J connectivity index is 2.96. The number of aryl methyl sites for hydroxylation is 1. The molecule has 0 aliphatic heterocycles. The second kappa shape index (κ2) is 4.01. The molecule has 0 spiro atoms. The summed E-state index contributed by atoms with van der Waals surface area (Å²) >= 11 is 3.31. The highest BCUT2D eigenvalue weighted by atomic mass is 79.9. The van der Waals surface area contributed by atoms with Crippen molar-refractivity contribution in [1.82, 2.24) is 4.98 Å². The summed E-state index contributed by atoms with van der Waals surface area (Å²) < 4.78 is 0.842. The zero-order valence-corrected chi connectivity index (χ0v) is 8.80. The second-order valence-electron chi connectivity index (χ2n) is 2.80. The van der Waals surface area contributed by atoms with Crippen molar-refractivity contribution in [3.63, 3.8) is 0 Å². The molecule has 0 saturated carbocycles. The van der Waals surface area contributed by atoms with Crippen LogP contribution in [0.3, 0.4) is 0 Å². The van der Waals surface area contributed by atoms with Crippen molar-refractivity contribution < 1.29 is 5.11 Å². The molecule has 1 atom stereocenters. The summed E-state index contributed by atoms with van der Waals surface area (Å²) in [5, 5.41) is 9.49. The zero-order chi connectivity index (χ0) is 9.14. The molecule has 0 bridgehead atoms. The average Bonchev–Trinajstić information content (AvgIpc) is 2.08. The summed E-state index contributed by atoms with van der Waals surface area (Å²) in [4.78, 5) is 4.10. The molecule has 1 rings (SSSR count). The molecule has 0 fully saturated rings. The van der Waals surface area contributed by atoms with Gasteiger partial charge in [-0.25, -0.2) is 4.98 Å². The van der Waals surface area contributed by atoms with Gasteiger partial charge in [0.25, 0.3) is 0 Å². The summed E-state index contributed by atoms with van der Waals surface area (Å²) in [6.07, 6.45) is 2.04. The molecular formula is C9H12BrNO. The molecule has 66 valence electrons. The fourth-order valence-electron chi connectivity index (χ4n) is 0.998. The molecule has 2 nitrogen and oxygen atoms in total. The summed E-state index contributed by atoms with van der Waals surface area (Å²) in [5.41, 5.74) is 1.94. The lowest BCUT2D eigenvalue weighted by Gasteiger charge is -2.08. The van der Waals surface area contributed by atoms with E-state index in [1.165, 1.54) is 0 Å². The van der Waals surface area contributed by atoms with Crippen molar-refractivity contribution in [3.8, 4) is 0 Å². The van der Waals surface area contributed by atoms with Crippen LogP contribution in [-0.2, 0) is 0 Å². The van der Waals surface area contributed by atoms with E-state index < -0.39 is 0 Å². The third-order valence-electron chi connectivity index (χ3n) is 1.81. The van der Waals surface area contributed by atoms with E-state index in [2.05, 4.69) is 20.9 Å². The van der Waals surface area contributed by atoms with Crippen molar-refractivity contribution in [3.05, 3.63) is 28.0 Å². The molecule has 0 aromatic carbocycles. The maximum atomic E-state index is 9.49. The van der Waals surface area contributed by atoms with E-state index in [4.69, 9.17) is 0 Å². The van der Waals surface area contributed by atoms with Gasteiger partial charge in [-0.3, -0.25) is 0 Å². The van der Waals surface area contributed by atoms with Crippen LogP contribution in [0.2, 0.25) is 0 Å². The van der Waals surface area contributed by atoms with Gasteiger partial charge in [-0.1, -0.05) is 6.92 Å². The summed E-state index contributed by atoms with van der Waals surface area (Å²) in [7, 11) is 0. The van der Waals surface area contributed by atoms with Crippen molar-refractivity contribution in [2.45, 2.75) is 26.4 Å². The molecule has 1 aromatic heterocycles. The Bertz CT molecular complexity index is 275. The molecular weight excluding hydrogens is 218 g/mol. The number of rotatable bonds is 2. The van der Waals surface area contributed by atoms with Crippen LogP contribution >= 0.6 is 15.9 Å². The van der Waals surface area contributed by atoms with E-state index in [1.807, 2.05) is 19.9 Å². The molecule has 1 N–H and O–H groups in total. The van der Waals surface area contributed by atoms with Gasteiger partial charge in [0.15, 0.2) is 0 Å². The molecule has 0 unspecified atom stereocenters. The van der Waals surface area contributed by atoms with E-state index in [-0.39, 0.29) is 6.10 Å². The summed E-state index contributed by atoms with van der Waals surface area (Å²) in [6.45, 7) is 3.91. The Morgan fingerprint density at radius 1 is 1.67 bits per heavy atom. The number of halogens is 1. The monoisotopic (exact) mass is 229 g/mol. The molecule has 0 aliphatic rings. The van der Waals surface area contributed by atoms with Gasteiger partial charge in [0, 0.05) is 6.20 Å². The number of aliphatic hydroxyl groups excluding tert-OH is 1. The van der Waals surface area contributed by atoms with E-state index in [0.29, 0.717) is 0 Å². The van der Waals surface area contributed by atoms with Crippen LogP contribution in [0.4, 0.5) is 0 Å². The first-order valence-corrected chi connectivity index (χ1v) is 4.74. The third-order valence-corrected chi connectivity index (χ3v) is 2.64. The van der Waals surface area contributed by atoms with Crippen LogP contribution in [0.25, 0.3) is 0 Å².